The van der Waals surface area contributed by atoms with E-state index in [-0.39, 0.29) is 12.6 Å². The summed E-state index contributed by atoms with van der Waals surface area (Å²) in [5, 5.41) is 5.12. The first-order valence-electron chi connectivity index (χ1n) is 8.13. The summed E-state index contributed by atoms with van der Waals surface area (Å²) in [4.78, 5) is 23.5. The highest BCUT2D eigenvalue weighted by Gasteiger charge is 2.17. The predicted molar refractivity (Wildman–Crippen MR) is 86.7 cm³/mol. The van der Waals surface area contributed by atoms with E-state index >= 15 is 0 Å². The number of carbonyl (C=O) groups is 2. The minimum absolute atomic E-state index is 0.170. The summed E-state index contributed by atoms with van der Waals surface area (Å²) in [6.45, 7) is 2.30. The largest absolute Gasteiger partial charge is 0.494 e. The highest BCUT2D eigenvalue weighted by Crippen LogP contribution is 2.18. The van der Waals surface area contributed by atoms with Crippen molar-refractivity contribution in [2.45, 2.75) is 45.1 Å². The van der Waals surface area contributed by atoms with Gasteiger partial charge in [0.1, 0.15) is 11.5 Å². The van der Waals surface area contributed by atoms with Crippen LogP contribution >= 0.6 is 0 Å². The number of imide groups is 1. The van der Waals surface area contributed by atoms with Gasteiger partial charge in [0.2, 0.25) is 0 Å². The second-order valence-electron chi connectivity index (χ2n) is 5.55. The highest BCUT2D eigenvalue weighted by atomic mass is 16.5. The molecule has 2 rings (SSSR count). The Labute approximate surface area is 136 Å². The van der Waals surface area contributed by atoms with Gasteiger partial charge in [-0.3, -0.25) is 10.1 Å². The average Bonchev–Trinajstić information content (AvgIpc) is 2.55. The smallest absolute Gasteiger partial charge is 0.321 e. The Balaban J connectivity index is 1.68. The van der Waals surface area contributed by atoms with E-state index in [1.807, 2.05) is 6.92 Å². The number of ether oxygens (including phenoxy) is 2. The van der Waals surface area contributed by atoms with E-state index < -0.39 is 11.9 Å². The van der Waals surface area contributed by atoms with Crippen molar-refractivity contribution in [3.8, 4) is 11.5 Å². The van der Waals surface area contributed by atoms with Crippen LogP contribution in [0, 0.1) is 0 Å². The molecule has 126 valence electrons. The second kappa shape index (κ2) is 9.02. The van der Waals surface area contributed by atoms with Gasteiger partial charge in [-0.1, -0.05) is 19.3 Å². The zero-order chi connectivity index (χ0) is 16.5. The van der Waals surface area contributed by atoms with Crippen molar-refractivity contribution >= 4 is 11.9 Å². The molecule has 0 spiro atoms. The Hall–Kier alpha value is -2.24. The standard InChI is InChI=1S/C17H24N2O4/c1-2-22-14-8-10-15(11-9-14)23-12-16(20)19-17(21)18-13-6-4-3-5-7-13/h8-11,13H,2-7,12H2,1H3,(H2,18,19,20,21). The molecule has 1 aliphatic carbocycles. The molecule has 0 heterocycles. The lowest BCUT2D eigenvalue weighted by molar-refractivity contribution is -0.122. The highest BCUT2D eigenvalue weighted by molar-refractivity contribution is 5.95. The molecule has 0 aliphatic heterocycles. The molecule has 23 heavy (non-hydrogen) atoms. The molecule has 1 aliphatic rings. The van der Waals surface area contributed by atoms with Crippen LogP contribution in [0.15, 0.2) is 24.3 Å². The molecule has 0 saturated heterocycles. The van der Waals surface area contributed by atoms with Crippen LogP contribution in [-0.2, 0) is 4.79 Å². The number of carbonyl (C=O) groups excluding carboxylic acids is 2. The molecule has 3 amide bonds. The van der Waals surface area contributed by atoms with Crippen molar-refractivity contribution < 1.29 is 19.1 Å². The zero-order valence-corrected chi connectivity index (χ0v) is 13.5. The third-order valence-electron chi connectivity index (χ3n) is 3.70. The van der Waals surface area contributed by atoms with Gasteiger partial charge in [-0.2, -0.15) is 0 Å². The van der Waals surface area contributed by atoms with E-state index in [0.717, 1.165) is 31.4 Å². The summed E-state index contributed by atoms with van der Waals surface area (Å²) in [6, 6.07) is 6.71. The van der Waals surface area contributed by atoms with Crippen LogP contribution in [0.2, 0.25) is 0 Å². The number of nitrogens with one attached hydrogen (secondary N) is 2. The van der Waals surface area contributed by atoms with Crippen LogP contribution < -0.4 is 20.1 Å². The Morgan fingerprint density at radius 3 is 2.26 bits per heavy atom. The van der Waals surface area contributed by atoms with Crippen LogP contribution in [0.25, 0.3) is 0 Å². The number of urea groups is 1. The van der Waals surface area contributed by atoms with E-state index in [1.54, 1.807) is 24.3 Å². The fraction of sp³-hybridized carbons (Fsp3) is 0.529. The van der Waals surface area contributed by atoms with Gasteiger partial charge in [-0.15, -0.1) is 0 Å². The molecule has 0 radical (unpaired) electrons. The third kappa shape index (κ3) is 6.18. The lowest BCUT2D eigenvalue weighted by Crippen LogP contribution is -2.46. The molecule has 1 saturated carbocycles. The van der Waals surface area contributed by atoms with Crippen molar-refractivity contribution in [1.82, 2.24) is 10.6 Å². The molecule has 6 nitrogen and oxygen atoms in total. The fourth-order valence-electron chi connectivity index (χ4n) is 2.58. The van der Waals surface area contributed by atoms with Crippen LogP contribution in [-0.4, -0.2) is 31.2 Å². The second-order valence-corrected chi connectivity index (χ2v) is 5.55. The molecule has 1 fully saturated rings. The first-order chi connectivity index (χ1) is 11.2. The Kier molecular flexibility index (Phi) is 6.72. The molecular formula is C17H24N2O4. The molecule has 0 aromatic heterocycles. The molecule has 0 atom stereocenters. The van der Waals surface area contributed by atoms with E-state index in [0.29, 0.717) is 12.4 Å². The Morgan fingerprint density at radius 2 is 1.65 bits per heavy atom. The van der Waals surface area contributed by atoms with Gasteiger partial charge in [-0.25, -0.2) is 4.79 Å². The minimum atomic E-state index is -0.466. The normalized spacial score (nSPS) is 14.8. The van der Waals surface area contributed by atoms with Gasteiger partial charge in [0.25, 0.3) is 5.91 Å². The number of amides is 3. The maximum absolute atomic E-state index is 11.7. The van der Waals surface area contributed by atoms with E-state index in [4.69, 9.17) is 9.47 Å². The molecule has 0 bridgehead atoms. The quantitative estimate of drug-likeness (QED) is 0.845. The number of benzene rings is 1. The predicted octanol–water partition coefficient (Wildman–Crippen LogP) is 2.62. The van der Waals surface area contributed by atoms with Crippen molar-refractivity contribution in [1.29, 1.82) is 0 Å². The van der Waals surface area contributed by atoms with Crippen LogP contribution in [0.5, 0.6) is 11.5 Å². The van der Waals surface area contributed by atoms with Gasteiger partial charge >= 0.3 is 6.03 Å². The lowest BCUT2D eigenvalue weighted by Gasteiger charge is -2.22. The maximum Gasteiger partial charge on any atom is 0.321 e. The van der Waals surface area contributed by atoms with E-state index in [2.05, 4.69) is 10.6 Å². The summed E-state index contributed by atoms with van der Waals surface area (Å²) < 4.78 is 10.7. The fourth-order valence-corrected chi connectivity index (χ4v) is 2.58. The van der Waals surface area contributed by atoms with E-state index in [9.17, 15) is 9.59 Å². The van der Waals surface area contributed by atoms with Crippen molar-refractivity contribution in [3.05, 3.63) is 24.3 Å². The molecule has 2 N–H and O–H groups in total. The van der Waals surface area contributed by atoms with E-state index in [1.165, 1.54) is 6.42 Å². The first-order valence-corrected chi connectivity index (χ1v) is 8.13. The molecular weight excluding hydrogens is 296 g/mol. The third-order valence-corrected chi connectivity index (χ3v) is 3.70. The Morgan fingerprint density at radius 1 is 1.04 bits per heavy atom. The summed E-state index contributed by atoms with van der Waals surface area (Å²) >= 11 is 0. The molecule has 6 heteroatoms. The topological polar surface area (TPSA) is 76.7 Å². The number of hydrogen-bond acceptors (Lipinski definition) is 4. The minimum Gasteiger partial charge on any atom is -0.494 e. The lowest BCUT2D eigenvalue weighted by atomic mass is 9.96. The van der Waals surface area contributed by atoms with Gasteiger partial charge in [0.15, 0.2) is 6.61 Å². The molecule has 1 aromatic carbocycles. The van der Waals surface area contributed by atoms with Crippen LogP contribution in [0.4, 0.5) is 4.79 Å². The summed E-state index contributed by atoms with van der Waals surface area (Å²) in [6.07, 6.45) is 5.42. The monoisotopic (exact) mass is 320 g/mol. The maximum atomic E-state index is 11.7. The summed E-state index contributed by atoms with van der Waals surface area (Å²) in [7, 11) is 0. The van der Waals surface area contributed by atoms with Crippen LogP contribution in [0.3, 0.4) is 0 Å². The zero-order valence-electron chi connectivity index (χ0n) is 13.5. The Bertz CT molecular complexity index is 510. The summed E-state index contributed by atoms with van der Waals surface area (Å²) in [5.74, 6) is 0.833. The van der Waals surface area contributed by atoms with Gasteiger partial charge in [0.05, 0.1) is 6.61 Å². The van der Waals surface area contributed by atoms with Crippen molar-refractivity contribution in [3.63, 3.8) is 0 Å². The molecule has 1 aromatic rings. The summed E-state index contributed by atoms with van der Waals surface area (Å²) in [5.41, 5.74) is 0. The van der Waals surface area contributed by atoms with Crippen molar-refractivity contribution in [2.24, 2.45) is 0 Å². The van der Waals surface area contributed by atoms with Gasteiger partial charge in [-0.05, 0) is 44.0 Å². The number of rotatable bonds is 6. The van der Waals surface area contributed by atoms with Crippen molar-refractivity contribution in [2.75, 3.05) is 13.2 Å². The number of hydrogen-bond donors (Lipinski definition) is 2. The SMILES string of the molecule is CCOc1ccc(OCC(=O)NC(=O)NC2CCCCC2)cc1. The first kappa shape index (κ1) is 17.1. The van der Waals surface area contributed by atoms with Gasteiger partial charge in [0, 0.05) is 6.04 Å². The average molecular weight is 320 g/mol. The van der Waals surface area contributed by atoms with Gasteiger partial charge < -0.3 is 14.8 Å². The van der Waals surface area contributed by atoms with Crippen LogP contribution in [0.1, 0.15) is 39.0 Å². The molecule has 0 unspecified atom stereocenters.